The van der Waals surface area contributed by atoms with E-state index in [1.807, 2.05) is 36.6 Å². The van der Waals surface area contributed by atoms with Gasteiger partial charge in [0, 0.05) is 17.4 Å². The number of hydrogen-bond acceptors (Lipinski definition) is 6. The standard InChI is InChI=1S/C23H23N5O3S/c1-16-17(2)28(15-24-16)22-13-23(26-18(3)25-22)31-21-11-9-20(10-12-21)27-32(29,30)14-19-7-5-4-6-8-19/h4-13,15,27H,14H2,1-3H3. The molecule has 0 aliphatic rings. The molecule has 2 aromatic carbocycles. The Kier molecular flexibility index (Phi) is 5.91. The van der Waals surface area contributed by atoms with Crippen LogP contribution in [0, 0.1) is 20.8 Å². The van der Waals surface area contributed by atoms with E-state index in [1.54, 1.807) is 55.7 Å². The molecule has 0 saturated carbocycles. The molecule has 4 rings (SSSR count). The second-order valence-corrected chi connectivity index (χ2v) is 9.09. The summed E-state index contributed by atoms with van der Waals surface area (Å²) in [5.74, 6) is 2.04. The molecule has 0 bridgehead atoms. The van der Waals surface area contributed by atoms with Crippen LogP contribution in [0.3, 0.4) is 0 Å². The van der Waals surface area contributed by atoms with Crippen LogP contribution in [0.5, 0.6) is 11.6 Å². The van der Waals surface area contributed by atoms with Crippen molar-refractivity contribution in [1.82, 2.24) is 19.5 Å². The van der Waals surface area contributed by atoms with E-state index in [1.165, 1.54) is 0 Å². The molecule has 0 aliphatic carbocycles. The van der Waals surface area contributed by atoms with E-state index in [9.17, 15) is 8.42 Å². The predicted molar refractivity (Wildman–Crippen MR) is 123 cm³/mol. The Morgan fingerprint density at radius 3 is 2.34 bits per heavy atom. The number of hydrogen-bond donors (Lipinski definition) is 1. The topological polar surface area (TPSA) is 99.0 Å². The first-order chi connectivity index (χ1) is 15.3. The van der Waals surface area contributed by atoms with Crippen molar-refractivity contribution in [3.8, 4) is 17.4 Å². The van der Waals surface area contributed by atoms with Gasteiger partial charge in [0.25, 0.3) is 0 Å². The monoisotopic (exact) mass is 449 g/mol. The second kappa shape index (κ2) is 8.80. The normalized spacial score (nSPS) is 11.3. The summed E-state index contributed by atoms with van der Waals surface area (Å²) in [6.45, 7) is 5.70. The number of ether oxygens (including phenoxy) is 1. The number of nitrogens with zero attached hydrogens (tertiary/aromatic N) is 4. The van der Waals surface area contributed by atoms with Gasteiger partial charge in [-0.25, -0.2) is 18.4 Å². The summed E-state index contributed by atoms with van der Waals surface area (Å²) in [5, 5.41) is 0. The number of rotatable bonds is 7. The van der Waals surface area contributed by atoms with Gasteiger partial charge in [-0.1, -0.05) is 30.3 Å². The zero-order chi connectivity index (χ0) is 22.7. The molecule has 32 heavy (non-hydrogen) atoms. The molecule has 0 aliphatic heterocycles. The van der Waals surface area contributed by atoms with Crippen molar-refractivity contribution in [2.45, 2.75) is 26.5 Å². The summed E-state index contributed by atoms with van der Waals surface area (Å²) in [7, 11) is -3.52. The Bertz CT molecular complexity index is 1330. The summed E-state index contributed by atoms with van der Waals surface area (Å²) < 4.78 is 35.2. The van der Waals surface area contributed by atoms with Crippen LogP contribution in [0.1, 0.15) is 22.8 Å². The molecule has 0 atom stereocenters. The lowest BCUT2D eigenvalue weighted by atomic mass is 10.2. The van der Waals surface area contributed by atoms with E-state index in [0.29, 0.717) is 29.0 Å². The zero-order valence-corrected chi connectivity index (χ0v) is 18.8. The average Bonchev–Trinajstić information content (AvgIpc) is 3.08. The molecule has 0 saturated heterocycles. The van der Waals surface area contributed by atoms with E-state index in [4.69, 9.17) is 4.74 Å². The van der Waals surface area contributed by atoms with Crippen LogP contribution >= 0.6 is 0 Å². The first kappa shape index (κ1) is 21.5. The highest BCUT2D eigenvalue weighted by atomic mass is 32.2. The van der Waals surface area contributed by atoms with E-state index in [-0.39, 0.29) is 5.75 Å². The first-order valence-corrected chi connectivity index (χ1v) is 11.6. The summed E-state index contributed by atoms with van der Waals surface area (Å²) in [4.78, 5) is 13.1. The van der Waals surface area contributed by atoms with Crippen LogP contribution in [-0.2, 0) is 15.8 Å². The molecule has 0 fully saturated rings. The lowest BCUT2D eigenvalue weighted by Gasteiger charge is -2.11. The van der Waals surface area contributed by atoms with Gasteiger partial charge in [0.15, 0.2) is 0 Å². The van der Waals surface area contributed by atoms with Gasteiger partial charge in [-0.15, -0.1) is 0 Å². The third kappa shape index (κ3) is 5.12. The number of aryl methyl sites for hydroxylation is 2. The van der Waals surface area contributed by atoms with E-state index in [0.717, 1.165) is 17.0 Å². The highest BCUT2D eigenvalue weighted by molar-refractivity contribution is 7.91. The maximum absolute atomic E-state index is 12.4. The van der Waals surface area contributed by atoms with Gasteiger partial charge in [0.1, 0.15) is 23.7 Å². The lowest BCUT2D eigenvalue weighted by molar-refractivity contribution is 0.459. The van der Waals surface area contributed by atoms with Gasteiger partial charge in [0.2, 0.25) is 15.9 Å². The molecule has 1 N–H and O–H groups in total. The van der Waals surface area contributed by atoms with Crippen LogP contribution in [0.15, 0.2) is 67.0 Å². The summed E-state index contributed by atoms with van der Waals surface area (Å²) >= 11 is 0. The van der Waals surface area contributed by atoms with Crippen LogP contribution in [0.25, 0.3) is 5.82 Å². The predicted octanol–water partition coefficient (Wildman–Crippen LogP) is 4.32. The highest BCUT2D eigenvalue weighted by Crippen LogP contribution is 2.24. The van der Waals surface area contributed by atoms with Crippen molar-refractivity contribution in [3.05, 3.63) is 89.8 Å². The highest BCUT2D eigenvalue weighted by Gasteiger charge is 2.13. The molecule has 164 valence electrons. The van der Waals surface area contributed by atoms with Crippen LogP contribution < -0.4 is 9.46 Å². The lowest BCUT2D eigenvalue weighted by Crippen LogP contribution is -2.14. The Labute approximate surface area is 187 Å². The van der Waals surface area contributed by atoms with E-state index >= 15 is 0 Å². The molecule has 2 heterocycles. The molecular formula is C23H23N5O3S. The summed E-state index contributed by atoms with van der Waals surface area (Å²) in [6.07, 6.45) is 1.71. The molecule has 4 aromatic rings. The third-order valence-corrected chi connectivity index (χ3v) is 6.11. The molecule has 2 aromatic heterocycles. The maximum atomic E-state index is 12.4. The first-order valence-electron chi connectivity index (χ1n) is 9.98. The van der Waals surface area contributed by atoms with E-state index < -0.39 is 10.0 Å². The summed E-state index contributed by atoms with van der Waals surface area (Å²) in [6, 6.07) is 17.4. The van der Waals surface area contributed by atoms with Gasteiger partial charge < -0.3 is 4.74 Å². The number of imidazole rings is 1. The summed E-state index contributed by atoms with van der Waals surface area (Å²) in [5.41, 5.74) is 3.09. The number of benzene rings is 2. The Hall–Kier alpha value is -3.72. The van der Waals surface area contributed by atoms with Gasteiger partial charge in [-0.3, -0.25) is 9.29 Å². The van der Waals surface area contributed by atoms with Crippen molar-refractivity contribution in [2.24, 2.45) is 0 Å². The molecule has 0 spiro atoms. The van der Waals surface area contributed by atoms with Crippen LogP contribution in [0.2, 0.25) is 0 Å². The molecule has 8 nitrogen and oxygen atoms in total. The molecule has 9 heteroatoms. The van der Waals surface area contributed by atoms with Crippen molar-refractivity contribution >= 4 is 15.7 Å². The van der Waals surface area contributed by atoms with Crippen molar-refractivity contribution in [3.63, 3.8) is 0 Å². The minimum absolute atomic E-state index is 0.0950. The largest absolute Gasteiger partial charge is 0.439 e. The number of anilines is 1. The van der Waals surface area contributed by atoms with Crippen molar-refractivity contribution in [2.75, 3.05) is 4.72 Å². The van der Waals surface area contributed by atoms with Crippen molar-refractivity contribution in [1.29, 1.82) is 0 Å². The Balaban J connectivity index is 1.48. The van der Waals surface area contributed by atoms with Gasteiger partial charge >= 0.3 is 0 Å². The Morgan fingerprint density at radius 2 is 1.69 bits per heavy atom. The molecule has 0 radical (unpaired) electrons. The number of aromatic nitrogens is 4. The number of nitrogens with one attached hydrogen (secondary N) is 1. The minimum atomic E-state index is -3.52. The quantitative estimate of drug-likeness (QED) is 0.451. The Morgan fingerprint density at radius 1 is 0.969 bits per heavy atom. The second-order valence-electron chi connectivity index (χ2n) is 7.37. The van der Waals surface area contributed by atoms with Gasteiger partial charge in [-0.05, 0) is 50.6 Å². The molecular weight excluding hydrogens is 426 g/mol. The average molecular weight is 450 g/mol. The third-order valence-electron chi connectivity index (χ3n) is 4.85. The smallest absolute Gasteiger partial charge is 0.236 e. The minimum Gasteiger partial charge on any atom is -0.439 e. The van der Waals surface area contributed by atoms with Gasteiger partial charge in [0.05, 0.1) is 11.4 Å². The van der Waals surface area contributed by atoms with Crippen LogP contribution in [0.4, 0.5) is 5.69 Å². The maximum Gasteiger partial charge on any atom is 0.236 e. The molecule has 0 unspecified atom stereocenters. The van der Waals surface area contributed by atoms with Gasteiger partial charge in [-0.2, -0.15) is 4.98 Å². The molecule has 0 amide bonds. The SMILES string of the molecule is Cc1nc(Oc2ccc(NS(=O)(=O)Cc3ccccc3)cc2)cc(-n2cnc(C)c2C)n1. The van der Waals surface area contributed by atoms with Crippen LogP contribution in [-0.4, -0.2) is 27.9 Å². The van der Waals surface area contributed by atoms with Crippen molar-refractivity contribution < 1.29 is 13.2 Å². The zero-order valence-electron chi connectivity index (χ0n) is 18.0. The fourth-order valence-corrected chi connectivity index (χ4v) is 4.35. The fourth-order valence-electron chi connectivity index (χ4n) is 3.15. The van der Waals surface area contributed by atoms with E-state index in [2.05, 4.69) is 19.7 Å². The number of sulfonamides is 1. The fraction of sp³-hybridized carbons (Fsp3) is 0.174.